The van der Waals surface area contributed by atoms with Crippen LogP contribution in [0.5, 0.6) is 0 Å². The zero-order chi connectivity index (χ0) is 11.4. The van der Waals surface area contributed by atoms with Crippen molar-refractivity contribution in [2.75, 3.05) is 5.32 Å². The van der Waals surface area contributed by atoms with Gasteiger partial charge >= 0.3 is 0 Å². The van der Waals surface area contributed by atoms with Gasteiger partial charge in [-0.25, -0.2) is 4.39 Å². The summed E-state index contributed by atoms with van der Waals surface area (Å²) in [6.45, 7) is 0.601. The Kier molecular flexibility index (Phi) is 3.37. The molecule has 0 aliphatic rings. The van der Waals surface area contributed by atoms with Crippen LogP contribution in [0.15, 0.2) is 42.7 Å². The Morgan fingerprint density at radius 2 is 1.94 bits per heavy atom. The number of hydrogen-bond donors (Lipinski definition) is 1. The zero-order valence-corrected chi connectivity index (χ0v) is 9.21. The van der Waals surface area contributed by atoms with Crippen LogP contribution in [0.1, 0.15) is 5.56 Å². The number of hydrogen-bond acceptors (Lipinski definition) is 2. The van der Waals surface area contributed by atoms with Gasteiger partial charge in [-0.1, -0.05) is 17.7 Å². The van der Waals surface area contributed by atoms with E-state index in [1.54, 1.807) is 24.5 Å². The number of benzene rings is 1. The first kappa shape index (κ1) is 10.9. The molecule has 0 atom stereocenters. The topological polar surface area (TPSA) is 24.9 Å². The molecule has 1 aromatic heterocycles. The largest absolute Gasteiger partial charge is 0.381 e. The van der Waals surface area contributed by atoms with E-state index < -0.39 is 5.82 Å². The minimum atomic E-state index is -0.394. The fourth-order valence-corrected chi connectivity index (χ4v) is 1.53. The van der Waals surface area contributed by atoms with Crippen molar-refractivity contribution in [2.24, 2.45) is 0 Å². The first-order valence-corrected chi connectivity index (χ1v) is 5.21. The van der Waals surface area contributed by atoms with Gasteiger partial charge in [0.05, 0.1) is 5.02 Å². The fourth-order valence-electron chi connectivity index (χ4n) is 1.32. The summed E-state index contributed by atoms with van der Waals surface area (Å²) in [4.78, 5) is 3.92. The molecule has 0 saturated heterocycles. The molecule has 2 nitrogen and oxygen atoms in total. The molecule has 0 aliphatic heterocycles. The molecule has 1 aromatic carbocycles. The van der Waals surface area contributed by atoms with Crippen LogP contribution < -0.4 is 5.32 Å². The van der Waals surface area contributed by atoms with Crippen molar-refractivity contribution in [1.82, 2.24) is 4.98 Å². The molecule has 0 bridgehead atoms. The molecule has 0 radical (unpaired) electrons. The summed E-state index contributed by atoms with van der Waals surface area (Å²) in [5.74, 6) is -0.394. The summed E-state index contributed by atoms with van der Waals surface area (Å²) in [7, 11) is 0. The number of halogens is 2. The lowest BCUT2D eigenvalue weighted by atomic mass is 10.2. The van der Waals surface area contributed by atoms with Crippen molar-refractivity contribution in [2.45, 2.75) is 6.54 Å². The van der Waals surface area contributed by atoms with E-state index in [1.165, 1.54) is 6.07 Å². The van der Waals surface area contributed by atoms with Gasteiger partial charge in [0.15, 0.2) is 0 Å². The van der Waals surface area contributed by atoms with Crippen molar-refractivity contribution >= 4 is 17.3 Å². The summed E-state index contributed by atoms with van der Waals surface area (Å²) in [5, 5.41) is 3.33. The molecule has 0 spiro atoms. The Labute approximate surface area is 98.1 Å². The molecule has 16 heavy (non-hydrogen) atoms. The highest BCUT2D eigenvalue weighted by atomic mass is 35.5. The molecule has 0 aliphatic carbocycles. The summed E-state index contributed by atoms with van der Waals surface area (Å²) in [6, 6.07) is 8.42. The molecule has 1 heterocycles. The van der Waals surface area contributed by atoms with E-state index in [9.17, 15) is 4.39 Å². The van der Waals surface area contributed by atoms with E-state index in [0.717, 1.165) is 11.3 Å². The highest BCUT2D eigenvalue weighted by Gasteiger charge is 2.00. The third-order valence-electron chi connectivity index (χ3n) is 2.16. The predicted molar refractivity (Wildman–Crippen MR) is 63.0 cm³/mol. The maximum Gasteiger partial charge on any atom is 0.141 e. The van der Waals surface area contributed by atoms with Crippen molar-refractivity contribution < 1.29 is 4.39 Å². The number of anilines is 1. The summed E-state index contributed by atoms with van der Waals surface area (Å²) >= 11 is 5.68. The second-order valence-corrected chi connectivity index (χ2v) is 3.75. The molecule has 0 amide bonds. The third-order valence-corrected chi connectivity index (χ3v) is 2.45. The van der Waals surface area contributed by atoms with E-state index in [0.29, 0.717) is 6.54 Å². The lowest BCUT2D eigenvalue weighted by Crippen LogP contribution is -1.99. The van der Waals surface area contributed by atoms with Crippen LogP contribution in [0.2, 0.25) is 5.02 Å². The summed E-state index contributed by atoms with van der Waals surface area (Å²) in [6.07, 6.45) is 3.42. The van der Waals surface area contributed by atoms with Gasteiger partial charge in [0, 0.05) is 24.6 Å². The van der Waals surface area contributed by atoms with E-state index in [4.69, 9.17) is 11.6 Å². The molecular formula is C12H10ClFN2. The van der Waals surface area contributed by atoms with Crippen molar-refractivity contribution in [1.29, 1.82) is 0 Å². The van der Waals surface area contributed by atoms with Gasteiger partial charge in [0.2, 0.25) is 0 Å². The average molecular weight is 237 g/mol. The molecule has 0 unspecified atom stereocenters. The second-order valence-electron chi connectivity index (χ2n) is 3.34. The zero-order valence-electron chi connectivity index (χ0n) is 8.45. The SMILES string of the molecule is Fc1ccc(CNc2ccncc2)cc1Cl. The average Bonchev–Trinajstić information content (AvgIpc) is 2.32. The van der Waals surface area contributed by atoms with E-state index in [1.807, 2.05) is 12.1 Å². The molecule has 2 rings (SSSR count). The van der Waals surface area contributed by atoms with Crippen LogP contribution in [0.4, 0.5) is 10.1 Å². The number of nitrogens with one attached hydrogen (secondary N) is 1. The highest BCUT2D eigenvalue weighted by molar-refractivity contribution is 6.30. The monoisotopic (exact) mass is 236 g/mol. The standard InChI is InChI=1S/C12H10ClFN2/c13-11-7-9(1-2-12(11)14)8-16-10-3-5-15-6-4-10/h1-7H,8H2,(H,15,16). The normalized spacial score (nSPS) is 10.1. The van der Waals surface area contributed by atoms with E-state index in [2.05, 4.69) is 10.3 Å². The van der Waals surface area contributed by atoms with Crippen LogP contribution in [0.25, 0.3) is 0 Å². The van der Waals surface area contributed by atoms with Crippen molar-refractivity contribution in [3.63, 3.8) is 0 Å². The van der Waals surface area contributed by atoms with Gasteiger partial charge < -0.3 is 5.32 Å². The van der Waals surface area contributed by atoms with E-state index >= 15 is 0 Å². The Morgan fingerprint density at radius 1 is 1.19 bits per heavy atom. The molecule has 0 fully saturated rings. The molecule has 82 valence electrons. The van der Waals surface area contributed by atoms with Gasteiger partial charge in [-0.3, -0.25) is 4.98 Å². The smallest absolute Gasteiger partial charge is 0.141 e. The van der Waals surface area contributed by atoms with Crippen LogP contribution in [0.3, 0.4) is 0 Å². The molecule has 2 aromatic rings. The number of rotatable bonds is 3. The van der Waals surface area contributed by atoms with Crippen LogP contribution in [0, 0.1) is 5.82 Å². The summed E-state index contributed by atoms with van der Waals surface area (Å²) in [5.41, 5.74) is 1.90. The molecule has 0 saturated carbocycles. The van der Waals surface area contributed by atoms with Crippen LogP contribution in [-0.2, 0) is 6.54 Å². The highest BCUT2D eigenvalue weighted by Crippen LogP contribution is 2.16. The van der Waals surface area contributed by atoms with Gasteiger partial charge in [-0.05, 0) is 29.8 Å². The second kappa shape index (κ2) is 4.94. The molecule has 1 N–H and O–H groups in total. The van der Waals surface area contributed by atoms with Crippen molar-refractivity contribution in [3.05, 3.63) is 59.1 Å². The predicted octanol–water partition coefficient (Wildman–Crippen LogP) is 3.49. The fraction of sp³-hybridized carbons (Fsp3) is 0.0833. The molecular weight excluding hydrogens is 227 g/mol. The number of aromatic nitrogens is 1. The number of nitrogens with zero attached hydrogens (tertiary/aromatic N) is 1. The third kappa shape index (κ3) is 2.70. The Bertz CT molecular complexity index is 474. The quantitative estimate of drug-likeness (QED) is 0.883. The minimum Gasteiger partial charge on any atom is -0.381 e. The lowest BCUT2D eigenvalue weighted by molar-refractivity contribution is 0.627. The Morgan fingerprint density at radius 3 is 2.62 bits per heavy atom. The van der Waals surface area contributed by atoms with Crippen molar-refractivity contribution in [3.8, 4) is 0 Å². The first-order valence-electron chi connectivity index (χ1n) is 4.83. The summed E-state index contributed by atoms with van der Waals surface area (Å²) < 4.78 is 12.9. The lowest BCUT2D eigenvalue weighted by Gasteiger charge is -2.06. The maximum atomic E-state index is 12.9. The minimum absolute atomic E-state index is 0.147. The van der Waals surface area contributed by atoms with Crippen LogP contribution in [-0.4, -0.2) is 4.98 Å². The van der Waals surface area contributed by atoms with Crippen LogP contribution >= 0.6 is 11.6 Å². The Hall–Kier alpha value is -1.61. The van der Waals surface area contributed by atoms with E-state index in [-0.39, 0.29) is 5.02 Å². The molecule has 4 heteroatoms. The van der Waals surface area contributed by atoms with Gasteiger partial charge in [0.1, 0.15) is 5.82 Å². The van der Waals surface area contributed by atoms with Gasteiger partial charge in [0.25, 0.3) is 0 Å². The van der Waals surface area contributed by atoms with Gasteiger partial charge in [-0.2, -0.15) is 0 Å². The number of pyridine rings is 1. The maximum absolute atomic E-state index is 12.9. The first-order chi connectivity index (χ1) is 7.75. The van der Waals surface area contributed by atoms with Gasteiger partial charge in [-0.15, -0.1) is 0 Å². The Balaban J connectivity index is 2.03.